The van der Waals surface area contributed by atoms with E-state index in [1.165, 1.54) is 6.07 Å². The molecule has 0 unspecified atom stereocenters. The number of carbonyl (C=O) groups is 1. The quantitative estimate of drug-likeness (QED) is 0.758. The summed E-state index contributed by atoms with van der Waals surface area (Å²) in [7, 11) is 0. The second-order valence-corrected chi connectivity index (χ2v) is 4.87. The Balaban J connectivity index is 1.90. The van der Waals surface area contributed by atoms with Crippen LogP contribution in [0.15, 0.2) is 53.0 Å². The van der Waals surface area contributed by atoms with Crippen LogP contribution in [0.1, 0.15) is 5.56 Å². The van der Waals surface area contributed by atoms with Gasteiger partial charge in [0, 0.05) is 11.0 Å². The van der Waals surface area contributed by atoms with Gasteiger partial charge in [0.25, 0.3) is 0 Å². The molecule has 0 radical (unpaired) electrons. The zero-order valence-electron chi connectivity index (χ0n) is 10.1. The van der Waals surface area contributed by atoms with Gasteiger partial charge in [-0.2, -0.15) is 0 Å². The SMILES string of the molecule is O=C(NCc1cccc(Br)c1)Nc1ccccc1O. The molecule has 0 aromatic heterocycles. The molecule has 0 aliphatic heterocycles. The summed E-state index contributed by atoms with van der Waals surface area (Å²) >= 11 is 3.37. The summed E-state index contributed by atoms with van der Waals surface area (Å²) in [4.78, 5) is 11.7. The van der Waals surface area contributed by atoms with Gasteiger partial charge in [-0.15, -0.1) is 0 Å². The lowest BCUT2D eigenvalue weighted by Gasteiger charge is -2.09. The molecule has 2 rings (SSSR count). The topological polar surface area (TPSA) is 61.4 Å². The molecule has 0 aliphatic carbocycles. The first-order chi connectivity index (χ1) is 9.15. The fourth-order valence-corrected chi connectivity index (χ4v) is 2.02. The Kier molecular flexibility index (Phi) is 4.41. The van der Waals surface area contributed by atoms with Crippen LogP contribution in [-0.2, 0) is 6.54 Å². The number of amides is 2. The molecule has 0 bridgehead atoms. The van der Waals surface area contributed by atoms with Crippen LogP contribution in [0.4, 0.5) is 10.5 Å². The molecular formula is C14H13BrN2O2. The molecule has 0 spiro atoms. The van der Waals surface area contributed by atoms with Crippen LogP contribution in [-0.4, -0.2) is 11.1 Å². The molecule has 0 heterocycles. The second kappa shape index (κ2) is 6.24. The van der Waals surface area contributed by atoms with Crippen molar-refractivity contribution in [2.75, 3.05) is 5.32 Å². The van der Waals surface area contributed by atoms with Crippen LogP contribution in [0.25, 0.3) is 0 Å². The molecule has 0 saturated carbocycles. The van der Waals surface area contributed by atoms with Gasteiger partial charge in [-0.05, 0) is 29.8 Å². The van der Waals surface area contributed by atoms with Crippen LogP contribution in [0.2, 0.25) is 0 Å². The third-order valence-electron chi connectivity index (χ3n) is 2.49. The van der Waals surface area contributed by atoms with E-state index in [1.807, 2.05) is 24.3 Å². The van der Waals surface area contributed by atoms with E-state index in [1.54, 1.807) is 18.2 Å². The van der Waals surface area contributed by atoms with Crippen molar-refractivity contribution in [3.8, 4) is 5.75 Å². The summed E-state index contributed by atoms with van der Waals surface area (Å²) in [5, 5.41) is 14.8. The average Bonchev–Trinajstić information content (AvgIpc) is 2.39. The maximum absolute atomic E-state index is 11.7. The van der Waals surface area contributed by atoms with Gasteiger partial charge < -0.3 is 15.7 Å². The van der Waals surface area contributed by atoms with Crippen LogP contribution in [0, 0.1) is 0 Å². The Hall–Kier alpha value is -2.01. The average molecular weight is 321 g/mol. The van der Waals surface area contributed by atoms with Crippen LogP contribution in [0.3, 0.4) is 0 Å². The number of para-hydroxylation sites is 2. The molecule has 5 heteroatoms. The summed E-state index contributed by atoms with van der Waals surface area (Å²) in [5.41, 5.74) is 1.37. The number of rotatable bonds is 3. The number of phenols is 1. The first kappa shape index (κ1) is 13.4. The summed E-state index contributed by atoms with van der Waals surface area (Å²) in [5.74, 6) is 0.0418. The third kappa shape index (κ3) is 3.99. The zero-order chi connectivity index (χ0) is 13.7. The monoisotopic (exact) mass is 320 g/mol. The molecule has 19 heavy (non-hydrogen) atoms. The van der Waals surface area contributed by atoms with Crippen molar-refractivity contribution < 1.29 is 9.90 Å². The summed E-state index contributed by atoms with van der Waals surface area (Å²) < 4.78 is 0.966. The van der Waals surface area contributed by atoms with E-state index in [-0.39, 0.29) is 11.8 Å². The lowest BCUT2D eigenvalue weighted by atomic mass is 10.2. The van der Waals surface area contributed by atoms with Gasteiger partial charge in [0.05, 0.1) is 5.69 Å². The van der Waals surface area contributed by atoms with E-state index in [0.29, 0.717) is 12.2 Å². The van der Waals surface area contributed by atoms with Gasteiger partial charge in [-0.25, -0.2) is 4.79 Å². The highest BCUT2D eigenvalue weighted by molar-refractivity contribution is 9.10. The normalized spacial score (nSPS) is 9.95. The number of halogens is 1. The minimum atomic E-state index is -0.360. The van der Waals surface area contributed by atoms with Crippen molar-refractivity contribution in [3.63, 3.8) is 0 Å². The fourth-order valence-electron chi connectivity index (χ4n) is 1.58. The van der Waals surface area contributed by atoms with Gasteiger partial charge in [0.1, 0.15) is 5.75 Å². The van der Waals surface area contributed by atoms with Crippen molar-refractivity contribution in [2.24, 2.45) is 0 Å². The van der Waals surface area contributed by atoms with Crippen LogP contribution < -0.4 is 10.6 Å². The maximum Gasteiger partial charge on any atom is 0.319 e. The molecule has 2 aromatic rings. The highest BCUT2D eigenvalue weighted by Crippen LogP contribution is 2.21. The van der Waals surface area contributed by atoms with Gasteiger partial charge in [-0.1, -0.05) is 40.2 Å². The van der Waals surface area contributed by atoms with Crippen molar-refractivity contribution in [1.29, 1.82) is 0 Å². The van der Waals surface area contributed by atoms with Crippen molar-refractivity contribution in [3.05, 3.63) is 58.6 Å². The molecule has 0 aliphatic rings. The van der Waals surface area contributed by atoms with Gasteiger partial charge in [0.15, 0.2) is 0 Å². The number of benzene rings is 2. The number of urea groups is 1. The van der Waals surface area contributed by atoms with E-state index in [2.05, 4.69) is 26.6 Å². The first-order valence-corrected chi connectivity index (χ1v) is 6.52. The zero-order valence-corrected chi connectivity index (χ0v) is 11.6. The lowest BCUT2D eigenvalue weighted by Crippen LogP contribution is -2.28. The standard InChI is InChI=1S/C14H13BrN2O2/c15-11-5-3-4-10(8-11)9-16-14(19)17-12-6-1-2-7-13(12)18/h1-8,18H,9H2,(H2,16,17,19). The van der Waals surface area contributed by atoms with E-state index < -0.39 is 0 Å². The number of phenolic OH excluding ortho intramolecular Hbond substituents is 1. The van der Waals surface area contributed by atoms with Gasteiger partial charge >= 0.3 is 6.03 Å². The Morgan fingerprint density at radius 2 is 1.95 bits per heavy atom. The molecule has 0 atom stereocenters. The fraction of sp³-hybridized carbons (Fsp3) is 0.0714. The number of anilines is 1. The summed E-state index contributed by atoms with van der Waals surface area (Å²) in [6, 6.07) is 13.9. The van der Waals surface area contributed by atoms with Crippen LogP contribution in [0.5, 0.6) is 5.75 Å². The molecule has 2 amide bonds. The molecule has 4 nitrogen and oxygen atoms in total. The molecule has 98 valence electrons. The van der Waals surface area contributed by atoms with Crippen LogP contribution >= 0.6 is 15.9 Å². The van der Waals surface area contributed by atoms with Gasteiger partial charge in [-0.3, -0.25) is 0 Å². The highest BCUT2D eigenvalue weighted by atomic mass is 79.9. The van der Waals surface area contributed by atoms with E-state index >= 15 is 0 Å². The van der Waals surface area contributed by atoms with Crippen molar-refractivity contribution in [1.82, 2.24) is 5.32 Å². The Labute approximate surface area is 119 Å². The summed E-state index contributed by atoms with van der Waals surface area (Å²) in [6.45, 7) is 0.416. The van der Waals surface area contributed by atoms with E-state index in [0.717, 1.165) is 10.0 Å². The smallest absolute Gasteiger partial charge is 0.319 e. The molecule has 2 aromatic carbocycles. The molecule has 3 N–H and O–H groups in total. The second-order valence-electron chi connectivity index (χ2n) is 3.95. The maximum atomic E-state index is 11.7. The van der Waals surface area contributed by atoms with Gasteiger partial charge in [0.2, 0.25) is 0 Å². The molecule has 0 saturated heterocycles. The third-order valence-corrected chi connectivity index (χ3v) is 2.99. The molecular weight excluding hydrogens is 308 g/mol. The lowest BCUT2D eigenvalue weighted by molar-refractivity contribution is 0.251. The number of hydrogen-bond donors (Lipinski definition) is 3. The Bertz CT molecular complexity index is 587. The van der Waals surface area contributed by atoms with E-state index in [4.69, 9.17) is 0 Å². The Morgan fingerprint density at radius 3 is 2.68 bits per heavy atom. The Morgan fingerprint density at radius 1 is 1.16 bits per heavy atom. The van der Waals surface area contributed by atoms with Crippen molar-refractivity contribution >= 4 is 27.6 Å². The number of carbonyl (C=O) groups excluding carboxylic acids is 1. The van der Waals surface area contributed by atoms with E-state index in [9.17, 15) is 9.90 Å². The minimum absolute atomic E-state index is 0.0418. The predicted octanol–water partition coefficient (Wildman–Crippen LogP) is 3.48. The van der Waals surface area contributed by atoms with Crippen molar-refractivity contribution in [2.45, 2.75) is 6.54 Å². The number of aromatic hydroxyl groups is 1. The number of hydrogen-bond acceptors (Lipinski definition) is 2. The number of nitrogens with one attached hydrogen (secondary N) is 2. The largest absolute Gasteiger partial charge is 0.506 e. The summed E-state index contributed by atoms with van der Waals surface area (Å²) in [6.07, 6.45) is 0. The molecule has 0 fully saturated rings. The predicted molar refractivity (Wildman–Crippen MR) is 78.1 cm³/mol. The highest BCUT2D eigenvalue weighted by Gasteiger charge is 2.04. The minimum Gasteiger partial charge on any atom is -0.506 e. The first-order valence-electron chi connectivity index (χ1n) is 5.72.